The lowest BCUT2D eigenvalue weighted by Gasteiger charge is -1.97. The third kappa shape index (κ3) is 1.55. The highest BCUT2D eigenvalue weighted by Gasteiger charge is 2.07. The van der Waals surface area contributed by atoms with E-state index in [4.69, 9.17) is 0 Å². The molecule has 0 amide bonds. The topological polar surface area (TPSA) is 15.8 Å². The van der Waals surface area contributed by atoms with E-state index in [1.54, 1.807) is 0 Å². The van der Waals surface area contributed by atoms with Gasteiger partial charge in [-0.1, -0.05) is 20.3 Å². The van der Waals surface area contributed by atoms with Crippen LogP contribution in [0.25, 0.3) is 0 Å². The van der Waals surface area contributed by atoms with Gasteiger partial charge in [0, 0.05) is 11.4 Å². The number of nitrogens with one attached hydrogen (secondary N) is 1. The van der Waals surface area contributed by atoms with Crippen molar-refractivity contribution in [2.75, 3.05) is 0 Å². The maximum atomic E-state index is 3.46. The van der Waals surface area contributed by atoms with Gasteiger partial charge < -0.3 is 4.98 Å². The van der Waals surface area contributed by atoms with Crippen molar-refractivity contribution in [2.24, 2.45) is 0 Å². The molecule has 1 N–H and O–H groups in total. The molecular formula is C11H19N. The second kappa shape index (κ2) is 3.79. The van der Waals surface area contributed by atoms with Crippen LogP contribution in [0.2, 0.25) is 0 Å². The van der Waals surface area contributed by atoms with Crippen LogP contribution in [-0.4, -0.2) is 4.98 Å². The molecule has 0 aliphatic carbocycles. The summed E-state index contributed by atoms with van der Waals surface area (Å²) in [6, 6.07) is 0. The van der Waals surface area contributed by atoms with E-state index in [0.717, 1.165) is 6.42 Å². The van der Waals surface area contributed by atoms with Gasteiger partial charge in [-0.3, -0.25) is 0 Å². The van der Waals surface area contributed by atoms with Crippen LogP contribution in [0.5, 0.6) is 0 Å². The molecule has 0 aromatic carbocycles. The standard InChI is InChI=1S/C11H19N/c1-5-7-11-8(3)10(6-2)9(4)12-11/h12H,5-7H2,1-4H3. The minimum absolute atomic E-state index is 1.15. The molecule has 12 heavy (non-hydrogen) atoms. The first kappa shape index (κ1) is 9.37. The lowest BCUT2D eigenvalue weighted by atomic mass is 10.1. The SMILES string of the molecule is CCCc1[nH]c(C)c(CC)c1C. The van der Waals surface area contributed by atoms with Crippen molar-refractivity contribution in [1.82, 2.24) is 4.98 Å². The van der Waals surface area contributed by atoms with Crippen LogP contribution in [0.4, 0.5) is 0 Å². The Morgan fingerprint density at radius 3 is 2.25 bits per heavy atom. The first-order chi connectivity index (χ1) is 5.70. The molecule has 0 aliphatic heterocycles. The second-order valence-electron chi connectivity index (χ2n) is 3.44. The average molecular weight is 165 g/mol. The predicted octanol–water partition coefficient (Wildman–Crippen LogP) is 3.15. The maximum Gasteiger partial charge on any atom is 0.0181 e. The molecule has 1 heteroatoms. The Labute approximate surface area is 75.2 Å². The molecule has 1 nitrogen and oxygen atoms in total. The highest BCUT2D eigenvalue weighted by Crippen LogP contribution is 2.19. The van der Waals surface area contributed by atoms with Gasteiger partial charge in [-0.25, -0.2) is 0 Å². The molecule has 0 radical (unpaired) electrons. The minimum atomic E-state index is 1.15. The van der Waals surface area contributed by atoms with Crippen molar-refractivity contribution in [3.63, 3.8) is 0 Å². The van der Waals surface area contributed by atoms with Gasteiger partial charge in [0.2, 0.25) is 0 Å². The zero-order chi connectivity index (χ0) is 9.14. The Morgan fingerprint density at radius 2 is 1.83 bits per heavy atom. The molecule has 0 unspecified atom stereocenters. The number of hydrogen-bond acceptors (Lipinski definition) is 0. The summed E-state index contributed by atoms with van der Waals surface area (Å²) in [5.41, 5.74) is 5.79. The molecule has 0 fully saturated rings. The highest BCUT2D eigenvalue weighted by atomic mass is 14.7. The minimum Gasteiger partial charge on any atom is -0.362 e. The van der Waals surface area contributed by atoms with Crippen molar-refractivity contribution in [3.8, 4) is 0 Å². The molecule has 0 bridgehead atoms. The van der Waals surface area contributed by atoms with E-state index in [0.29, 0.717) is 0 Å². The predicted molar refractivity (Wildman–Crippen MR) is 53.6 cm³/mol. The largest absolute Gasteiger partial charge is 0.362 e. The average Bonchev–Trinajstić information content (AvgIpc) is 2.29. The first-order valence-corrected chi connectivity index (χ1v) is 4.87. The zero-order valence-corrected chi connectivity index (χ0v) is 8.62. The van der Waals surface area contributed by atoms with E-state index >= 15 is 0 Å². The lowest BCUT2D eigenvalue weighted by molar-refractivity contribution is 0.880. The number of H-pyrrole nitrogens is 1. The van der Waals surface area contributed by atoms with E-state index in [2.05, 4.69) is 32.7 Å². The van der Waals surface area contributed by atoms with Crippen LogP contribution in [0.15, 0.2) is 0 Å². The second-order valence-corrected chi connectivity index (χ2v) is 3.44. The van der Waals surface area contributed by atoms with Gasteiger partial charge in [-0.15, -0.1) is 0 Å². The number of hydrogen-bond donors (Lipinski definition) is 1. The summed E-state index contributed by atoms with van der Waals surface area (Å²) < 4.78 is 0. The Hall–Kier alpha value is -0.720. The quantitative estimate of drug-likeness (QED) is 0.708. The molecule has 0 saturated carbocycles. The van der Waals surface area contributed by atoms with E-state index < -0.39 is 0 Å². The first-order valence-electron chi connectivity index (χ1n) is 4.87. The van der Waals surface area contributed by atoms with Crippen molar-refractivity contribution >= 4 is 0 Å². The van der Waals surface area contributed by atoms with Crippen LogP contribution < -0.4 is 0 Å². The molecule has 1 heterocycles. The van der Waals surface area contributed by atoms with Crippen LogP contribution in [0.3, 0.4) is 0 Å². The zero-order valence-electron chi connectivity index (χ0n) is 8.62. The van der Waals surface area contributed by atoms with Crippen molar-refractivity contribution < 1.29 is 0 Å². The Kier molecular flexibility index (Phi) is 2.96. The number of aromatic amines is 1. The van der Waals surface area contributed by atoms with Gasteiger partial charge in [0.1, 0.15) is 0 Å². The molecule has 1 aromatic heterocycles. The maximum absolute atomic E-state index is 3.46. The fourth-order valence-corrected chi connectivity index (χ4v) is 1.89. The number of aryl methyl sites for hydroxylation is 2. The monoisotopic (exact) mass is 165 g/mol. The van der Waals surface area contributed by atoms with Gasteiger partial charge >= 0.3 is 0 Å². The fraction of sp³-hybridized carbons (Fsp3) is 0.636. The summed E-state index contributed by atoms with van der Waals surface area (Å²) >= 11 is 0. The van der Waals surface area contributed by atoms with Crippen LogP contribution in [0.1, 0.15) is 42.8 Å². The summed E-state index contributed by atoms with van der Waals surface area (Å²) in [5, 5.41) is 0. The molecule has 1 aromatic rings. The fourth-order valence-electron chi connectivity index (χ4n) is 1.89. The van der Waals surface area contributed by atoms with Crippen molar-refractivity contribution in [3.05, 3.63) is 22.5 Å². The van der Waals surface area contributed by atoms with Crippen LogP contribution in [0, 0.1) is 13.8 Å². The Balaban J connectivity index is 3.00. The summed E-state index contributed by atoms with van der Waals surface area (Å²) in [6.45, 7) is 8.85. The van der Waals surface area contributed by atoms with E-state index in [1.165, 1.54) is 35.4 Å². The number of aromatic nitrogens is 1. The van der Waals surface area contributed by atoms with Crippen molar-refractivity contribution in [2.45, 2.75) is 47.0 Å². The third-order valence-corrected chi connectivity index (χ3v) is 2.55. The molecule has 0 spiro atoms. The molecule has 0 saturated heterocycles. The van der Waals surface area contributed by atoms with E-state index in [1.807, 2.05) is 0 Å². The lowest BCUT2D eigenvalue weighted by Crippen LogP contribution is -1.87. The van der Waals surface area contributed by atoms with Crippen molar-refractivity contribution in [1.29, 1.82) is 0 Å². The van der Waals surface area contributed by atoms with E-state index in [9.17, 15) is 0 Å². The third-order valence-electron chi connectivity index (χ3n) is 2.55. The van der Waals surface area contributed by atoms with Gasteiger partial charge in [0.15, 0.2) is 0 Å². The Morgan fingerprint density at radius 1 is 1.17 bits per heavy atom. The van der Waals surface area contributed by atoms with Gasteiger partial charge in [0.25, 0.3) is 0 Å². The highest BCUT2D eigenvalue weighted by molar-refractivity contribution is 5.35. The molecule has 68 valence electrons. The van der Waals surface area contributed by atoms with Crippen LogP contribution >= 0.6 is 0 Å². The smallest absolute Gasteiger partial charge is 0.0181 e. The van der Waals surface area contributed by atoms with Crippen LogP contribution in [-0.2, 0) is 12.8 Å². The molecule has 0 atom stereocenters. The normalized spacial score (nSPS) is 10.7. The molecule has 1 rings (SSSR count). The summed E-state index contributed by atoms with van der Waals surface area (Å²) in [5.74, 6) is 0. The number of rotatable bonds is 3. The van der Waals surface area contributed by atoms with E-state index in [-0.39, 0.29) is 0 Å². The molecular weight excluding hydrogens is 146 g/mol. The van der Waals surface area contributed by atoms with Gasteiger partial charge in [0.05, 0.1) is 0 Å². The summed E-state index contributed by atoms with van der Waals surface area (Å²) in [6.07, 6.45) is 3.56. The van der Waals surface area contributed by atoms with Gasteiger partial charge in [-0.2, -0.15) is 0 Å². The van der Waals surface area contributed by atoms with Gasteiger partial charge in [-0.05, 0) is 37.8 Å². The summed E-state index contributed by atoms with van der Waals surface area (Å²) in [4.78, 5) is 3.46. The molecule has 0 aliphatic rings. The summed E-state index contributed by atoms with van der Waals surface area (Å²) in [7, 11) is 0. The Bertz CT molecular complexity index is 258.